The molecule has 4 aliphatic carbocycles. The highest BCUT2D eigenvalue weighted by atomic mass is 16.3. The van der Waals surface area contributed by atoms with E-state index >= 15 is 0 Å². The fraction of sp³-hybridized carbons (Fsp3) is 0.409. The predicted octanol–water partition coefficient (Wildman–Crippen LogP) is 26.3. The number of nitrogens with zero attached hydrogens (tertiary/aromatic N) is 3. The molecule has 476 valence electrons. The van der Waals surface area contributed by atoms with Crippen molar-refractivity contribution in [3.8, 4) is 44.5 Å². The van der Waals surface area contributed by atoms with E-state index in [9.17, 15) is 0 Å². The van der Waals surface area contributed by atoms with Crippen LogP contribution in [0.4, 0.5) is 17.3 Å². The summed E-state index contributed by atoms with van der Waals surface area (Å²) >= 11 is 0. The van der Waals surface area contributed by atoms with Crippen LogP contribution in [0.15, 0.2) is 161 Å². The Hall–Kier alpha value is -7.76. The van der Waals surface area contributed by atoms with Crippen LogP contribution in [0.25, 0.3) is 88.4 Å². The molecule has 0 amide bonds. The molecule has 0 unspecified atom stereocenters. The molecule has 0 N–H and O–H groups in total. The Kier molecular flexibility index (Phi) is 16.4. The maximum atomic E-state index is 7.58. The zero-order valence-electron chi connectivity index (χ0n) is 57.1. The van der Waals surface area contributed by atoms with Crippen molar-refractivity contribution in [3.63, 3.8) is 0 Å². The van der Waals surface area contributed by atoms with Crippen LogP contribution in [0.5, 0.6) is 0 Å². The summed E-state index contributed by atoms with van der Waals surface area (Å²) in [6.07, 6.45) is 33.5. The van der Waals surface area contributed by atoms with Crippen LogP contribution in [0.1, 0.15) is 254 Å². The van der Waals surface area contributed by atoms with Gasteiger partial charge in [-0.05, 0) is 170 Å². The fourth-order valence-corrected chi connectivity index (χ4v) is 18.7. The van der Waals surface area contributed by atoms with Crippen LogP contribution in [0.3, 0.4) is 0 Å². The topological polar surface area (TPSA) is 55.3 Å². The number of fused-ring (bicyclic) bond motifs is 22. The maximum absolute atomic E-state index is 7.58. The van der Waals surface area contributed by atoms with Crippen molar-refractivity contribution in [2.24, 2.45) is 0 Å². The van der Waals surface area contributed by atoms with Gasteiger partial charge in [-0.15, -0.1) is 0 Å². The molecule has 0 saturated carbocycles. The van der Waals surface area contributed by atoms with Crippen LogP contribution in [0.2, 0.25) is 0 Å². The number of anilines is 3. The summed E-state index contributed by atoms with van der Waals surface area (Å²) in [5, 5.41) is 4.98. The zero-order valence-corrected chi connectivity index (χ0v) is 57.1. The molecule has 3 aromatic heterocycles. The highest BCUT2D eigenvalue weighted by Crippen LogP contribution is 2.68. The molecule has 4 aliphatic rings. The van der Waals surface area contributed by atoms with Crippen molar-refractivity contribution >= 4 is 61.2 Å². The Morgan fingerprint density at radius 3 is 1.44 bits per heavy atom. The van der Waals surface area contributed by atoms with Crippen LogP contribution in [-0.2, 0) is 21.7 Å². The van der Waals surface area contributed by atoms with Gasteiger partial charge in [-0.1, -0.05) is 263 Å². The molecule has 8 aromatic carbocycles. The van der Waals surface area contributed by atoms with E-state index in [-0.39, 0.29) is 21.7 Å². The van der Waals surface area contributed by atoms with Gasteiger partial charge in [0.25, 0.3) is 0 Å². The van der Waals surface area contributed by atoms with Crippen molar-refractivity contribution in [1.29, 1.82) is 0 Å². The molecule has 0 fully saturated rings. The van der Waals surface area contributed by atoms with E-state index in [1.807, 2.05) is 18.5 Å². The molecule has 15 rings (SSSR count). The lowest BCUT2D eigenvalue weighted by molar-refractivity contribution is 0.369. The Labute approximate surface area is 553 Å². The number of furan rings is 2. The van der Waals surface area contributed by atoms with Gasteiger partial charge in [0.2, 0.25) is 5.95 Å². The standard InChI is InChI=1S/C88H97N3O2/c1-9-13-17-21-31-48-87(49-32-22-18-14-10-2)67-39-28-25-36-61(67)78-79-64-38-27-30-41-74(64)93-83(79)80-62-45-43-59(55-72(62)88(82(80)81(78)87,50-33-23-19-15-11-3)51-34-24-20-16-12-4)91(84-89-52-35-53-90-84)58-42-44-60-65-56-71-66(57-70(65)86(7,8)69(60)54-58)76-68(85(71,5)6)46-47-75-77(76)63-37-26-29-40-73(63)92-75/h25-30,35-47,52-57H,9-24,31-34,48-51H2,1-8H3. The van der Waals surface area contributed by atoms with Gasteiger partial charge in [-0.25, -0.2) is 9.97 Å². The predicted molar refractivity (Wildman–Crippen MR) is 392 cm³/mol. The molecule has 0 atom stereocenters. The first-order chi connectivity index (χ1) is 45.5. The second kappa shape index (κ2) is 24.9. The van der Waals surface area contributed by atoms with Crippen LogP contribution in [-0.4, -0.2) is 9.97 Å². The first-order valence-electron chi connectivity index (χ1n) is 36.6. The third-order valence-electron chi connectivity index (χ3n) is 23.3. The van der Waals surface area contributed by atoms with Gasteiger partial charge >= 0.3 is 0 Å². The van der Waals surface area contributed by atoms with Gasteiger partial charge in [-0.2, -0.15) is 0 Å². The highest BCUT2D eigenvalue weighted by molar-refractivity contribution is 6.21. The Morgan fingerprint density at radius 1 is 0.344 bits per heavy atom. The minimum absolute atomic E-state index is 0.139. The van der Waals surface area contributed by atoms with Crippen molar-refractivity contribution in [2.75, 3.05) is 4.90 Å². The second-order valence-electron chi connectivity index (χ2n) is 29.7. The van der Waals surface area contributed by atoms with E-state index < -0.39 is 0 Å². The summed E-state index contributed by atoms with van der Waals surface area (Å²) in [6.45, 7) is 19.2. The Balaban J connectivity index is 0.941. The SMILES string of the molecule is CCCCCCCC1(CCCCCCC)c2cc(N(c3ccc4c(c3)C(C)(C)c3cc5c(cc3-4)C(C)(C)c3ccc4oc6ccccc6c4c3-5)c3ncccn3)ccc2-c2c1c1c(c3c2oc2ccccc23)-c2ccccc2C1(CCCCCCC)CCCCCCC. The van der Waals surface area contributed by atoms with Gasteiger partial charge in [0.15, 0.2) is 0 Å². The lowest BCUT2D eigenvalue weighted by Gasteiger charge is -2.40. The first-order valence-corrected chi connectivity index (χ1v) is 36.6. The van der Waals surface area contributed by atoms with E-state index in [0.29, 0.717) is 5.95 Å². The molecule has 0 spiro atoms. The number of rotatable bonds is 27. The van der Waals surface area contributed by atoms with Crippen LogP contribution < -0.4 is 4.90 Å². The van der Waals surface area contributed by atoms with Crippen molar-refractivity contribution < 1.29 is 8.83 Å². The summed E-state index contributed by atoms with van der Waals surface area (Å²) in [5.41, 5.74) is 27.9. The number of hydrogen-bond donors (Lipinski definition) is 0. The minimum atomic E-state index is -0.309. The summed E-state index contributed by atoms with van der Waals surface area (Å²) < 4.78 is 14.1. The van der Waals surface area contributed by atoms with Gasteiger partial charge in [0, 0.05) is 72.5 Å². The molecule has 11 aromatic rings. The summed E-state index contributed by atoms with van der Waals surface area (Å²) in [7, 11) is 0. The number of aromatic nitrogens is 2. The quantitative estimate of drug-likeness (QED) is 0.0480. The lowest BCUT2D eigenvalue weighted by atomic mass is 9.62. The Bertz CT molecular complexity index is 4580. The number of hydrogen-bond acceptors (Lipinski definition) is 5. The normalized spacial score (nSPS) is 15.4. The molecule has 3 heterocycles. The molecule has 0 saturated heterocycles. The average molecular weight is 1230 g/mol. The maximum Gasteiger partial charge on any atom is 0.234 e. The fourth-order valence-electron chi connectivity index (χ4n) is 18.7. The second-order valence-corrected chi connectivity index (χ2v) is 29.7. The van der Waals surface area contributed by atoms with Crippen LogP contribution >= 0.6 is 0 Å². The smallest absolute Gasteiger partial charge is 0.234 e. The number of unbranched alkanes of at least 4 members (excludes halogenated alkanes) is 16. The Morgan fingerprint density at radius 2 is 0.817 bits per heavy atom. The van der Waals surface area contributed by atoms with E-state index in [1.165, 1.54) is 235 Å². The summed E-state index contributed by atoms with van der Waals surface area (Å²) in [6, 6.07) is 53.8. The number of para-hydroxylation sites is 2. The number of benzene rings is 8. The molecule has 0 radical (unpaired) electrons. The molecular weight excluding hydrogens is 1130 g/mol. The van der Waals surface area contributed by atoms with E-state index in [4.69, 9.17) is 18.8 Å². The molecular formula is C88H97N3O2. The highest BCUT2D eigenvalue weighted by Gasteiger charge is 2.54. The monoisotopic (exact) mass is 1230 g/mol. The van der Waals surface area contributed by atoms with Crippen molar-refractivity contribution in [1.82, 2.24) is 9.97 Å². The average Bonchev–Trinajstić information content (AvgIpc) is 1.62. The largest absolute Gasteiger partial charge is 0.456 e. The summed E-state index contributed by atoms with van der Waals surface area (Å²) in [5.74, 6) is 0.681. The third kappa shape index (κ3) is 9.87. The van der Waals surface area contributed by atoms with Gasteiger partial charge in [0.1, 0.15) is 22.3 Å². The van der Waals surface area contributed by atoms with Gasteiger partial charge in [-0.3, -0.25) is 4.90 Å². The van der Waals surface area contributed by atoms with E-state index in [2.05, 4.69) is 194 Å². The molecule has 5 nitrogen and oxygen atoms in total. The molecule has 0 aliphatic heterocycles. The lowest BCUT2D eigenvalue weighted by Crippen LogP contribution is -2.33. The van der Waals surface area contributed by atoms with Crippen molar-refractivity contribution in [2.45, 2.75) is 231 Å². The minimum Gasteiger partial charge on any atom is -0.456 e. The molecule has 0 bridgehead atoms. The zero-order chi connectivity index (χ0) is 63.6. The molecule has 93 heavy (non-hydrogen) atoms. The van der Waals surface area contributed by atoms with E-state index in [1.54, 1.807) is 16.7 Å². The van der Waals surface area contributed by atoms with E-state index in [0.717, 1.165) is 46.5 Å². The van der Waals surface area contributed by atoms with Crippen LogP contribution in [0, 0.1) is 0 Å². The van der Waals surface area contributed by atoms with Crippen molar-refractivity contribution in [3.05, 3.63) is 196 Å². The summed E-state index contributed by atoms with van der Waals surface area (Å²) in [4.78, 5) is 12.8. The van der Waals surface area contributed by atoms with Gasteiger partial charge < -0.3 is 8.83 Å². The van der Waals surface area contributed by atoms with Gasteiger partial charge in [0.05, 0.1) is 0 Å². The molecule has 5 heteroatoms. The third-order valence-corrected chi connectivity index (χ3v) is 23.3. The first kappa shape index (κ1) is 61.4.